The van der Waals surface area contributed by atoms with Crippen molar-refractivity contribution in [2.75, 3.05) is 6.54 Å². The number of ether oxygens (including phenoxy) is 1. The summed E-state index contributed by atoms with van der Waals surface area (Å²) in [6.45, 7) is 6.02. The van der Waals surface area contributed by atoms with Gasteiger partial charge in [0.25, 0.3) is 0 Å². The molecule has 2 atom stereocenters. The molecule has 1 heterocycles. The van der Waals surface area contributed by atoms with E-state index in [0.717, 1.165) is 17.6 Å². The summed E-state index contributed by atoms with van der Waals surface area (Å²) in [4.78, 5) is 26.9. The van der Waals surface area contributed by atoms with Gasteiger partial charge in [-0.3, -0.25) is 9.69 Å². The zero-order chi connectivity index (χ0) is 20.4. The average Bonchev–Trinajstić information content (AvgIpc) is 3.11. The van der Waals surface area contributed by atoms with Crippen LogP contribution in [0, 0.1) is 0 Å². The van der Waals surface area contributed by atoms with Gasteiger partial charge < -0.3 is 10.1 Å². The zero-order valence-corrected chi connectivity index (χ0v) is 18.2. The van der Waals surface area contributed by atoms with Crippen molar-refractivity contribution in [1.82, 2.24) is 10.2 Å². The zero-order valence-electron chi connectivity index (χ0n) is 16.6. The standard InChI is InChI=1S/C22H27BrN2O3/c1-21(2,3)28-20(27)25-15-7-10-18(25)19(26)24-22(23)13-11-17(12-14-22)16-8-5-4-6-9-16/h4-6,8-9,11-13,18H,7,10,14-15H2,1-3H3,(H,24,26). The Kier molecular flexibility index (Phi) is 5.98. The molecule has 1 N–H and O–H groups in total. The molecule has 1 aromatic carbocycles. The van der Waals surface area contributed by atoms with E-state index in [1.807, 2.05) is 51.1 Å². The topological polar surface area (TPSA) is 58.6 Å². The minimum Gasteiger partial charge on any atom is -0.444 e. The molecule has 0 radical (unpaired) electrons. The Bertz CT molecular complexity index is 798. The number of benzene rings is 1. The number of hydrogen-bond acceptors (Lipinski definition) is 3. The van der Waals surface area contributed by atoms with Crippen LogP contribution in [0.15, 0.2) is 48.6 Å². The van der Waals surface area contributed by atoms with Crippen LogP contribution >= 0.6 is 15.9 Å². The van der Waals surface area contributed by atoms with Gasteiger partial charge in [0.05, 0.1) is 0 Å². The largest absolute Gasteiger partial charge is 0.444 e. The first-order valence-corrected chi connectivity index (χ1v) is 10.4. The maximum atomic E-state index is 12.9. The van der Waals surface area contributed by atoms with E-state index in [2.05, 4.69) is 39.5 Å². The number of nitrogens with zero attached hydrogens (tertiary/aromatic N) is 1. The highest BCUT2D eigenvalue weighted by Crippen LogP contribution is 2.32. The average molecular weight is 447 g/mol. The van der Waals surface area contributed by atoms with Crippen LogP contribution in [0.5, 0.6) is 0 Å². The lowest BCUT2D eigenvalue weighted by Crippen LogP contribution is -2.52. The number of hydrogen-bond donors (Lipinski definition) is 1. The molecule has 2 unspecified atom stereocenters. The van der Waals surface area contributed by atoms with Crippen molar-refractivity contribution in [2.45, 2.75) is 56.1 Å². The molecule has 2 aliphatic rings. The van der Waals surface area contributed by atoms with Crippen LogP contribution in [-0.4, -0.2) is 39.5 Å². The van der Waals surface area contributed by atoms with Gasteiger partial charge in [0.2, 0.25) is 5.91 Å². The number of nitrogens with one attached hydrogen (secondary N) is 1. The number of halogens is 1. The highest BCUT2D eigenvalue weighted by Gasteiger charge is 2.39. The van der Waals surface area contributed by atoms with Crippen molar-refractivity contribution < 1.29 is 14.3 Å². The molecule has 1 aromatic rings. The molecule has 2 amide bonds. The van der Waals surface area contributed by atoms with Crippen molar-refractivity contribution in [3.05, 3.63) is 54.1 Å². The maximum Gasteiger partial charge on any atom is 0.410 e. The number of allylic oxidation sites excluding steroid dienone is 2. The summed E-state index contributed by atoms with van der Waals surface area (Å²) in [5, 5.41) is 3.05. The fraction of sp³-hybridized carbons (Fsp3) is 0.455. The van der Waals surface area contributed by atoms with E-state index in [1.54, 1.807) is 0 Å². The number of alkyl halides is 1. The minimum atomic E-state index is -0.648. The molecule has 0 spiro atoms. The van der Waals surface area contributed by atoms with Crippen LogP contribution in [0.2, 0.25) is 0 Å². The molecule has 1 aliphatic carbocycles. The van der Waals surface area contributed by atoms with Crippen LogP contribution in [0.25, 0.3) is 5.57 Å². The third-order valence-electron chi connectivity index (χ3n) is 4.77. The van der Waals surface area contributed by atoms with E-state index in [-0.39, 0.29) is 5.91 Å². The van der Waals surface area contributed by atoms with E-state index in [0.29, 0.717) is 19.4 Å². The SMILES string of the molecule is CC(C)(C)OC(=O)N1CCCC1C(=O)NC1(Br)C=CC(c2ccccc2)=CC1. The third kappa shape index (κ3) is 5.04. The summed E-state index contributed by atoms with van der Waals surface area (Å²) >= 11 is 3.65. The minimum absolute atomic E-state index is 0.165. The Labute approximate surface area is 174 Å². The Morgan fingerprint density at radius 2 is 1.96 bits per heavy atom. The predicted molar refractivity (Wildman–Crippen MR) is 114 cm³/mol. The van der Waals surface area contributed by atoms with Gasteiger partial charge in [-0.15, -0.1) is 0 Å². The van der Waals surface area contributed by atoms with Gasteiger partial charge in [-0.1, -0.05) is 58.4 Å². The van der Waals surface area contributed by atoms with Gasteiger partial charge in [0.1, 0.15) is 16.1 Å². The van der Waals surface area contributed by atoms with E-state index >= 15 is 0 Å². The lowest BCUT2D eigenvalue weighted by Gasteiger charge is -2.32. The first-order valence-electron chi connectivity index (χ1n) is 9.62. The van der Waals surface area contributed by atoms with E-state index in [9.17, 15) is 9.59 Å². The Balaban J connectivity index is 1.63. The summed E-state index contributed by atoms with van der Waals surface area (Å²) in [5.41, 5.74) is 1.69. The monoisotopic (exact) mass is 446 g/mol. The second-order valence-electron chi connectivity index (χ2n) is 8.25. The van der Waals surface area contributed by atoms with Crippen molar-refractivity contribution in [2.24, 2.45) is 0 Å². The smallest absolute Gasteiger partial charge is 0.410 e. The van der Waals surface area contributed by atoms with Gasteiger partial charge in [0, 0.05) is 13.0 Å². The molecule has 28 heavy (non-hydrogen) atoms. The van der Waals surface area contributed by atoms with Crippen molar-refractivity contribution in [1.29, 1.82) is 0 Å². The van der Waals surface area contributed by atoms with Crippen LogP contribution < -0.4 is 5.32 Å². The Hall–Kier alpha value is -2.08. The lowest BCUT2D eigenvalue weighted by molar-refractivity contribution is -0.126. The highest BCUT2D eigenvalue weighted by atomic mass is 79.9. The normalized spacial score (nSPS) is 24.6. The predicted octanol–water partition coefficient (Wildman–Crippen LogP) is 4.64. The fourth-order valence-corrected chi connectivity index (χ4v) is 3.91. The highest BCUT2D eigenvalue weighted by molar-refractivity contribution is 9.10. The van der Waals surface area contributed by atoms with Crippen molar-refractivity contribution >= 4 is 33.5 Å². The van der Waals surface area contributed by atoms with Crippen molar-refractivity contribution in [3.8, 4) is 0 Å². The molecular weight excluding hydrogens is 420 g/mol. The number of carbonyl (C=O) groups is 2. The first-order chi connectivity index (χ1) is 13.2. The van der Waals surface area contributed by atoms with Gasteiger partial charge in [-0.2, -0.15) is 0 Å². The number of likely N-dealkylation sites (tertiary alicyclic amines) is 1. The molecular formula is C22H27BrN2O3. The van der Waals surface area contributed by atoms with Gasteiger partial charge in [-0.05, 0) is 50.8 Å². The second-order valence-corrected chi connectivity index (χ2v) is 9.66. The molecule has 1 saturated heterocycles. The summed E-state index contributed by atoms with van der Waals surface area (Å²) < 4.78 is 4.80. The van der Waals surface area contributed by atoms with E-state index in [1.165, 1.54) is 4.90 Å². The summed E-state index contributed by atoms with van der Waals surface area (Å²) in [6, 6.07) is 9.63. The van der Waals surface area contributed by atoms with E-state index < -0.39 is 22.2 Å². The summed E-state index contributed by atoms with van der Waals surface area (Å²) in [6.07, 6.45) is 7.69. The molecule has 6 heteroatoms. The van der Waals surface area contributed by atoms with Gasteiger partial charge in [-0.25, -0.2) is 4.79 Å². The van der Waals surface area contributed by atoms with Crippen molar-refractivity contribution in [3.63, 3.8) is 0 Å². The van der Waals surface area contributed by atoms with Crippen LogP contribution in [0.1, 0.15) is 45.6 Å². The van der Waals surface area contributed by atoms with Crippen LogP contribution in [-0.2, 0) is 9.53 Å². The Morgan fingerprint density at radius 1 is 1.25 bits per heavy atom. The van der Waals surface area contributed by atoms with Crippen LogP contribution in [0.3, 0.4) is 0 Å². The molecule has 5 nitrogen and oxygen atoms in total. The molecule has 3 rings (SSSR count). The maximum absolute atomic E-state index is 12.9. The molecule has 1 fully saturated rings. The number of carbonyl (C=O) groups excluding carboxylic acids is 2. The fourth-order valence-electron chi connectivity index (χ4n) is 3.42. The summed E-state index contributed by atoms with van der Waals surface area (Å²) in [5.74, 6) is -0.165. The third-order valence-corrected chi connectivity index (χ3v) is 5.55. The lowest BCUT2D eigenvalue weighted by atomic mass is 9.97. The summed E-state index contributed by atoms with van der Waals surface area (Å²) in [7, 11) is 0. The quantitative estimate of drug-likeness (QED) is 0.543. The molecule has 0 saturated carbocycles. The molecule has 150 valence electrons. The van der Waals surface area contributed by atoms with Crippen LogP contribution in [0.4, 0.5) is 4.79 Å². The second kappa shape index (κ2) is 8.11. The number of amides is 2. The molecule has 0 aromatic heterocycles. The Morgan fingerprint density at radius 3 is 2.57 bits per heavy atom. The van der Waals surface area contributed by atoms with E-state index in [4.69, 9.17) is 4.74 Å². The molecule has 0 bridgehead atoms. The first kappa shape index (κ1) is 20.6. The molecule has 1 aliphatic heterocycles. The van der Waals surface area contributed by atoms with Gasteiger partial charge >= 0.3 is 6.09 Å². The van der Waals surface area contributed by atoms with Gasteiger partial charge in [0.15, 0.2) is 0 Å². The number of rotatable bonds is 3.